The highest BCUT2D eigenvalue weighted by Crippen LogP contribution is 2.19. The third-order valence-corrected chi connectivity index (χ3v) is 5.12. The van der Waals surface area contributed by atoms with E-state index < -0.39 is 23.6 Å². The Kier molecular flexibility index (Phi) is 6.58. The minimum atomic E-state index is -0.882. The van der Waals surface area contributed by atoms with Gasteiger partial charge in [-0.25, -0.2) is 10.2 Å². The average molecular weight is 458 g/mol. The van der Waals surface area contributed by atoms with Crippen molar-refractivity contribution in [2.24, 2.45) is 5.10 Å². The summed E-state index contributed by atoms with van der Waals surface area (Å²) < 4.78 is 5.36. The van der Waals surface area contributed by atoms with Crippen molar-refractivity contribution < 1.29 is 14.3 Å². The van der Waals surface area contributed by atoms with Gasteiger partial charge in [-0.15, -0.1) is 0 Å². The highest BCUT2D eigenvalue weighted by atomic mass is 16.6. The molecule has 174 valence electrons. The van der Waals surface area contributed by atoms with Crippen LogP contribution in [-0.2, 0) is 16.0 Å². The smallest absolute Gasteiger partial charge is 0.408 e. The number of hydrogen-bond donors (Lipinski definition) is 3. The van der Waals surface area contributed by atoms with E-state index in [9.17, 15) is 9.59 Å². The number of nitrogens with one attached hydrogen (secondary N) is 3. The predicted molar refractivity (Wildman–Crippen MR) is 133 cm³/mol. The van der Waals surface area contributed by atoms with Crippen LogP contribution in [-0.4, -0.2) is 39.8 Å². The van der Waals surface area contributed by atoms with E-state index in [1.54, 1.807) is 33.2 Å². The number of carbonyl (C=O) groups excluding carboxylic acids is 2. The van der Waals surface area contributed by atoms with Crippen LogP contribution in [0.2, 0.25) is 0 Å². The molecule has 0 spiro atoms. The van der Waals surface area contributed by atoms with Crippen LogP contribution in [0.5, 0.6) is 0 Å². The molecule has 4 rings (SSSR count). The molecule has 0 saturated carbocycles. The zero-order chi connectivity index (χ0) is 24.1. The minimum absolute atomic E-state index is 0.270. The van der Waals surface area contributed by atoms with Gasteiger partial charge >= 0.3 is 6.09 Å². The van der Waals surface area contributed by atoms with Crippen LogP contribution in [0.3, 0.4) is 0 Å². The van der Waals surface area contributed by atoms with Crippen LogP contribution < -0.4 is 10.7 Å². The van der Waals surface area contributed by atoms with E-state index >= 15 is 0 Å². The molecule has 34 heavy (non-hydrogen) atoms. The van der Waals surface area contributed by atoms with Gasteiger partial charge in [0.15, 0.2) is 0 Å². The molecule has 0 radical (unpaired) electrons. The Morgan fingerprint density at radius 1 is 1.15 bits per heavy atom. The Bertz CT molecular complexity index is 1350. The van der Waals surface area contributed by atoms with E-state index in [-0.39, 0.29) is 6.42 Å². The van der Waals surface area contributed by atoms with E-state index in [2.05, 4.69) is 25.8 Å². The van der Waals surface area contributed by atoms with Crippen LogP contribution in [0, 0.1) is 0 Å². The van der Waals surface area contributed by atoms with Crippen LogP contribution in [0.25, 0.3) is 21.8 Å². The van der Waals surface area contributed by atoms with E-state index in [4.69, 9.17) is 4.74 Å². The third kappa shape index (κ3) is 5.78. The second-order valence-corrected chi connectivity index (χ2v) is 8.95. The summed E-state index contributed by atoms with van der Waals surface area (Å²) in [5, 5.41) is 8.74. The fraction of sp³-hybridized carbons (Fsp3) is 0.231. The molecular weight excluding hydrogens is 430 g/mol. The van der Waals surface area contributed by atoms with Crippen molar-refractivity contribution in [2.45, 2.75) is 38.8 Å². The Morgan fingerprint density at radius 2 is 1.97 bits per heavy atom. The number of fused-ring (bicyclic) bond motifs is 2. The largest absolute Gasteiger partial charge is 0.444 e. The summed E-state index contributed by atoms with van der Waals surface area (Å²) in [6.45, 7) is 5.31. The Morgan fingerprint density at radius 3 is 2.79 bits per heavy atom. The number of benzene rings is 2. The molecule has 3 N–H and O–H groups in total. The molecule has 2 aromatic carbocycles. The molecule has 2 aromatic heterocycles. The van der Waals surface area contributed by atoms with Gasteiger partial charge in [0.05, 0.1) is 11.7 Å². The average Bonchev–Trinajstić information content (AvgIpc) is 3.20. The number of H-pyrrole nitrogens is 1. The van der Waals surface area contributed by atoms with Crippen molar-refractivity contribution in [2.75, 3.05) is 0 Å². The van der Waals surface area contributed by atoms with Crippen molar-refractivity contribution in [3.8, 4) is 0 Å². The van der Waals surface area contributed by atoms with Gasteiger partial charge < -0.3 is 15.0 Å². The zero-order valence-corrected chi connectivity index (χ0v) is 19.3. The number of hydrazone groups is 1. The van der Waals surface area contributed by atoms with Crippen molar-refractivity contribution in [3.63, 3.8) is 0 Å². The van der Waals surface area contributed by atoms with Crippen LogP contribution in [0.1, 0.15) is 31.9 Å². The molecule has 0 bridgehead atoms. The number of ether oxygens (including phenoxy) is 1. The maximum absolute atomic E-state index is 13.0. The number of pyridine rings is 1. The van der Waals surface area contributed by atoms with Gasteiger partial charge in [-0.3, -0.25) is 9.78 Å². The zero-order valence-electron chi connectivity index (χ0n) is 19.3. The summed E-state index contributed by atoms with van der Waals surface area (Å²) in [6, 6.07) is 16.4. The summed E-state index contributed by atoms with van der Waals surface area (Å²) in [6.07, 6.45) is 4.74. The summed E-state index contributed by atoms with van der Waals surface area (Å²) in [5.41, 5.74) is 5.41. The van der Waals surface area contributed by atoms with Gasteiger partial charge in [-0.05, 0) is 56.2 Å². The summed E-state index contributed by atoms with van der Waals surface area (Å²) in [5.74, 6) is -0.449. The fourth-order valence-electron chi connectivity index (χ4n) is 3.60. The summed E-state index contributed by atoms with van der Waals surface area (Å²) in [4.78, 5) is 32.9. The molecule has 8 nitrogen and oxygen atoms in total. The molecule has 0 fully saturated rings. The Balaban J connectivity index is 1.49. The molecule has 0 aliphatic carbocycles. The maximum Gasteiger partial charge on any atom is 0.408 e. The predicted octanol–water partition coefficient (Wildman–Crippen LogP) is 4.30. The second kappa shape index (κ2) is 9.74. The lowest BCUT2D eigenvalue weighted by Crippen LogP contribution is -2.48. The molecule has 0 aliphatic heterocycles. The maximum atomic E-state index is 13.0. The first kappa shape index (κ1) is 23.0. The SMILES string of the molecule is CC(C)(C)OC(=O)N[C@@H](Cc1c[nH]c2ccccc12)C(=O)NN=Cc1ccc2ncccc2c1. The molecule has 8 heteroatoms. The van der Waals surface area contributed by atoms with E-state index in [0.29, 0.717) is 0 Å². The number of aromatic nitrogens is 2. The van der Waals surface area contributed by atoms with Crippen LogP contribution >= 0.6 is 0 Å². The molecule has 0 unspecified atom stereocenters. The first-order valence-corrected chi connectivity index (χ1v) is 11.0. The quantitative estimate of drug-likeness (QED) is 0.296. The first-order chi connectivity index (χ1) is 16.3. The molecule has 2 heterocycles. The number of nitrogens with zero attached hydrogens (tertiary/aromatic N) is 2. The first-order valence-electron chi connectivity index (χ1n) is 11.0. The van der Waals surface area contributed by atoms with Crippen LogP contribution in [0.15, 0.2) is 72.1 Å². The van der Waals surface area contributed by atoms with Crippen molar-refractivity contribution in [3.05, 3.63) is 78.1 Å². The molecule has 1 atom stereocenters. The van der Waals surface area contributed by atoms with Gasteiger partial charge in [-0.1, -0.05) is 30.3 Å². The number of alkyl carbamates (subject to hydrolysis) is 1. The van der Waals surface area contributed by atoms with Gasteiger partial charge in [0.2, 0.25) is 0 Å². The highest BCUT2D eigenvalue weighted by molar-refractivity contribution is 5.91. The molecular formula is C26H27N5O3. The lowest BCUT2D eigenvalue weighted by Gasteiger charge is -2.22. The number of carbonyl (C=O) groups is 2. The number of hydrogen-bond acceptors (Lipinski definition) is 5. The van der Waals surface area contributed by atoms with Crippen molar-refractivity contribution in [1.82, 2.24) is 20.7 Å². The Hall–Kier alpha value is -4.20. The van der Waals surface area contributed by atoms with Gasteiger partial charge in [0.1, 0.15) is 11.6 Å². The van der Waals surface area contributed by atoms with E-state index in [1.807, 2.05) is 60.8 Å². The van der Waals surface area contributed by atoms with Gasteiger partial charge in [0, 0.05) is 35.1 Å². The van der Waals surface area contributed by atoms with Gasteiger partial charge in [0.25, 0.3) is 5.91 Å². The van der Waals surface area contributed by atoms with E-state index in [0.717, 1.165) is 32.9 Å². The van der Waals surface area contributed by atoms with Crippen molar-refractivity contribution >= 4 is 40.0 Å². The number of amides is 2. The monoisotopic (exact) mass is 457 g/mol. The summed E-state index contributed by atoms with van der Waals surface area (Å²) in [7, 11) is 0. The van der Waals surface area contributed by atoms with Crippen molar-refractivity contribution in [1.29, 1.82) is 0 Å². The van der Waals surface area contributed by atoms with Crippen LogP contribution in [0.4, 0.5) is 4.79 Å². The van der Waals surface area contributed by atoms with E-state index in [1.165, 1.54) is 0 Å². The second-order valence-electron chi connectivity index (χ2n) is 8.95. The lowest BCUT2D eigenvalue weighted by atomic mass is 10.0. The third-order valence-electron chi connectivity index (χ3n) is 5.12. The molecule has 4 aromatic rings. The standard InChI is InChI=1S/C26H27N5O3/c1-26(2,3)34-25(33)30-23(14-19-16-28-22-9-5-4-8-20(19)22)24(32)31-29-15-17-10-11-21-18(13-17)7-6-12-27-21/h4-13,15-16,23,28H,14H2,1-3H3,(H,30,33)(H,31,32)/t23-/m0/s1. The number of aromatic amines is 1. The Labute approximate surface area is 197 Å². The lowest BCUT2D eigenvalue weighted by molar-refractivity contribution is -0.123. The summed E-state index contributed by atoms with van der Waals surface area (Å²) >= 11 is 0. The highest BCUT2D eigenvalue weighted by Gasteiger charge is 2.25. The normalized spacial score (nSPS) is 12.7. The molecule has 0 saturated heterocycles. The fourth-order valence-corrected chi connectivity index (χ4v) is 3.60. The minimum Gasteiger partial charge on any atom is -0.444 e. The molecule has 2 amide bonds. The number of para-hydroxylation sites is 1. The van der Waals surface area contributed by atoms with Gasteiger partial charge in [-0.2, -0.15) is 5.10 Å². The number of rotatable bonds is 6. The topological polar surface area (TPSA) is 108 Å². The molecule has 0 aliphatic rings.